The lowest BCUT2D eigenvalue weighted by Crippen LogP contribution is -2.63. The maximum Gasteiger partial charge on any atom is 0.460 e. The minimum absolute atomic E-state index is 0.258. The first-order valence-electron chi connectivity index (χ1n) is 7.83. The van der Waals surface area contributed by atoms with Gasteiger partial charge in [0.15, 0.2) is 0 Å². The van der Waals surface area contributed by atoms with E-state index in [0.29, 0.717) is 12.1 Å². The molecule has 12 heteroatoms. The third kappa shape index (κ3) is 4.21. The van der Waals surface area contributed by atoms with E-state index in [0.717, 1.165) is 24.3 Å². The molecule has 2 aromatic rings. The van der Waals surface area contributed by atoms with Crippen LogP contribution < -0.4 is 4.74 Å². The summed E-state index contributed by atoms with van der Waals surface area (Å²) in [5, 5.41) is 0. The van der Waals surface area contributed by atoms with E-state index in [2.05, 4.69) is 0 Å². The van der Waals surface area contributed by atoms with Crippen molar-refractivity contribution in [1.29, 1.82) is 0 Å². The number of halogens is 10. The fraction of sp³-hybridized carbons (Fsp3) is 0.278. The summed E-state index contributed by atoms with van der Waals surface area (Å²) in [6.45, 7) is -0.353. The van der Waals surface area contributed by atoms with Crippen LogP contribution in [0.25, 0.3) is 0 Å². The van der Waals surface area contributed by atoms with Gasteiger partial charge < -0.3 is 4.74 Å². The van der Waals surface area contributed by atoms with Gasteiger partial charge in [0.25, 0.3) is 0 Å². The number of carbonyl (C=O) groups excluding carboxylic acids is 1. The normalized spacial score (nSPS) is 13.3. The monoisotopic (exact) mass is 448 g/mol. The smallest absolute Gasteiger partial charge is 0.460 e. The van der Waals surface area contributed by atoms with Gasteiger partial charge in [0.05, 0.1) is 0 Å². The van der Waals surface area contributed by atoms with E-state index in [4.69, 9.17) is 4.74 Å². The standard InChI is InChI=1S/C18H10F10O2/c19-12-5-1-3-10(7-12)9-30-13-6-2-4-11(8-13)14(29)15(20,21)16(22,23)17(24,25)18(26,27)28/h1-8H,9H2. The number of ketones is 1. The van der Waals surface area contributed by atoms with E-state index in [-0.39, 0.29) is 17.9 Å². The van der Waals surface area contributed by atoms with Crippen LogP contribution in [0.5, 0.6) is 5.75 Å². The second-order valence-corrected chi connectivity index (χ2v) is 6.00. The average molecular weight is 448 g/mol. The van der Waals surface area contributed by atoms with Crippen LogP contribution in [-0.4, -0.2) is 29.7 Å². The summed E-state index contributed by atoms with van der Waals surface area (Å²) >= 11 is 0. The molecule has 0 heterocycles. The number of rotatable bonds is 7. The van der Waals surface area contributed by atoms with Crippen LogP contribution in [0.15, 0.2) is 48.5 Å². The molecule has 0 radical (unpaired) electrons. The van der Waals surface area contributed by atoms with Crippen molar-refractivity contribution in [3.63, 3.8) is 0 Å². The molecule has 0 fully saturated rings. The molecule has 0 unspecified atom stereocenters. The van der Waals surface area contributed by atoms with Crippen LogP contribution in [0.3, 0.4) is 0 Å². The van der Waals surface area contributed by atoms with E-state index >= 15 is 0 Å². The van der Waals surface area contributed by atoms with Crippen LogP contribution in [0.2, 0.25) is 0 Å². The number of Topliss-reactive ketones (excluding diaryl/α,β-unsaturated/α-hetero) is 1. The Balaban J connectivity index is 2.28. The summed E-state index contributed by atoms with van der Waals surface area (Å²) in [6.07, 6.45) is -7.03. The van der Waals surface area contributed by atoms with E-state index < -0.39 is 41.1 Å². The number of alkyl halides is 9. The van der Waals surface area contributed by atoms with Gasteiger partial charge in [0.1, 0.15) is 18.2 Å². The Hall–Kier alpha value is -2.79. The minimum Gasteiger partial charge on any atom is -0.489 e. The predicted octanol–water partition coefficient (Wildman–Crippen LogP) is 6.06. The van der Waals surface area contributed by atoms with Crippen LogP contribution in [0, 0.1) is 5.82 Å². The summed E-state index contributed by atoms with van der Waals surface area (Å²) in [6, 6.07) is 7.76. The molecule has 0 aromatic heterocycles. The highest BCUT2D eigenvalue weighted by Crippen LogP contribution is 2.53. The molecule has 30 heavy (non-hydrogen) atoms. The first-order valence-corrected chi connectivity index (χ1v) is 7.83. The molecule has 0 bridgehead atoms. The van der Waals surface area contributed by atoms with Gasteiger partial charge in [-0.3, -0.25) is 4.79 Å². The second kappa shape index (κ2) is 7.80. The number of ether oxygens (including phenoxy) is 1. The van der Waals surface area contributed by atoms with Crippen molar-refractivity contribution >= 4 is 5.78 Å². The lowest BCUT2D eigenvalue weighted by Gasteiger charge is -2.32. The van der Waals surface area contributed by atoms with Gasteiger partial charge in [-0.25, -0.2) is 4.39 Å². The van der Waals surface area contributed by atoms with Gasteiger partial charge >= 0.3 is 23.9 Å². The molecule has 2 nitrogen and oxygen atoms in total. The lowest BCUT2D eigenvalue weighted by molar-refractivity contribution is -0.386. The Morgan fingerprint density at radius 3 is 1.97 bits per heavy atom. The molecule has 0 spiro atoms. The Labute approximate surface area is 162 Å². The van der Waals surface area contributed by atoms with Crippen molar-refractivity contribution in [2.75, 3.05) is 0 Å². The molecule has 0 aliphatic heterocycles. The van der Waals surface area contributed by atoms with E-state index in [9.17, 15) is 48.7 Å². The van der Waals surface area contributed by atoms with Crippen LogP contribution in [0.4, 0.5) is 43.9 Å². The predicted molar refractivity (Wildman–Crippen MR) is 82.4 cm³/mol. The zero-order chi connectivity index (χ0) is 23.0. The average Bonchev–Trinajstić information content (AvgIpc) is 2.65. The summed E-state index contributed by atoms with van der Waals surface area (Å²) in [4.78, 5) is 11.7. The molecule has 0 saturated carbocycles. The first kappa shape index (κ1) is 23.5. The highest BCUT2D eigenvalue weighted by atomic mass is 19.4. The quantitative estimate of drug-likeness (QED) is 0.381. The SMILES string of the molecule is O=C(c1cccc(OCc2cccc(F)c2)c1)C(F)(F)C(F)(F)C(F)(F)C(F)(F)F. The Morgan fingerprint density at radius 2 is 1.40 bits per heavy atom. The number of hydrogen-bond acceptors (Lipinski definition) is 2. The third-order valence-electron chi connectivity index (χ3n) is 3.82. The Kier molecular flexibility index (Phi) is 6.11. The molecule has 2 rings (SSSR count). The van der Waals surface area contributed by atoms with Crippen molar-refractivity contribution in [3.8, 4) is 5.75 Å². The molecule has 0 amide bonds. The molecule has 0 N–H and O–H groups in total. The van der Waals surface area contributed by atoms with Crippen molar-refractivity contribution in [1.82, 2.24) is 0 Å². The molecule has 164 valence electrons. The summed E-state index contributed by atoms with van der Waals surface area (Å²) < 4.78 is 135. The van der Waals surface area contributed by atoms with Crippen molar-refractivity contribution in [2.45, 2.75) is 30.6 Å². The topological polar surface area (TPSA) is 26.3 Å². The maximum atomic E-state index is 13.8. The molecular formula is C18H10F10O2. The zero-order valence-corrected chi connectivity index (χ0v) is 14.4. The maximum absolute atomic E-state index is 13.8. The summed E-state index contributed by atoms with van der Waals surface area (Å²) in [5.74, 6) is -24.6. The van der Waals surface area contributed by atoms with Gasteiger partial charge in [0.2, 0.25) is 5.78 Å². The van der Waals surface area contributed by atoms with Crippen molar-refractivity contribution in [2.24, 2.45) is 0 Å². The molecule has 0 aliphatic rings. The van der Waals surface area contributed by atoms with Gasteiger partial charge in [-0.2, -0.15) is 39.5 Å². The Bertz CT molecular complexity index is 921. The van der Waals surface area contributed by atoms with Gasteiger partial charge in [0, 0.05) is 5.56 Å². The lowest BCUT2D eigenvalue weighted by atomic mass is 9.95. The largest absolute Gasteiger partial charge is 0.489 e. The molecule has 0 atom stereocenters. The van der Waals surface area contributed by atoms with Crippen molar-refractivity contribution in [3.05, 3.63) is 65.5 Å². The van der Waals surface area contributed by atoms with Gasteiger partial charge in [-0.05, 0) is 29.8 Å². The number of benzene rings is 2. The molecule has 0 aliphatic carbocycles. The van der Waals surface area contributed by atoms with E-state index in [1.165, 1.54) is 12.1 Å². The van der Waals surface area contributed by atoms with Crippen LogP contribution in [-0.2, 0) is 6.61 Å². The summed E-state index contributed by atoms with van der Waals surface area (Å²) in [7, 11) is 0. The molecule has 0 saturated heterocycles. The number of hydrogen-bond donors (Lipinski definition) is 0. The highest BCUT2D eigenvalue weighted by molar-refractivity contribution is 6.02. The fourth-order valence-corrected chi connectivity index (χ4v) is 2.22. The first-order chi connectivity index (χ1) is 13.6. The third-order valence-corrected chi connectivity index (χ3v) is 3.82. The fourth-order valence-electron chi connectivity index (χ4n) is 2.22. The van der Waals surface area contributed by atoms with Gasteiger partial charge in [-0.1, -0.05) is 24.3 Å². The van der Waals surface area contributed by atoms with Crippen LogP contribution >= 0.6 is 0 Å². The van der Waals surface area contributed by atoms with Crippen molar-refractivity contribution < 1.29 is 53.4 Å². The second-order valence-electron chi connectivity index (χ2n) is 6.00. The highest BCUT2D eigenvalue weighted by Gasteiger charge is 2.83. The Morgan fingerprint density at radius 1 is 0.800 bits per heavy atom. The summed E-state index contributed by atoms with van der Waals surface area (Å²) in [5.41, 5.74) is -1.04. The minimum atomic E-state index is -7.18. The van der Waals surface area contributed by atoms with Crippen LogP contribution in [0.1, 0.15) is 15.9 Å². The number of carbonyl (C=O) groups is 1. The molecular weight excluding hydrogens is 438 g/mol. The zero-order valence-electron chi connectivity index (χ0n) is 14.4. The van der Waals surface area contributed by atoms with Gasteiger partial charge in [-0.15, -0.1) is 0 Å². The van der Waals surface area contributed by atoms with E-state index in [1.54, 1.807) is 0 Å². The van der Waals surface area contributed by atoms with E-state index in [1.807, 2.05) is 0 Å². The molecule has 2 aromatic carbocycles.